The molecule has 0 aliphatic carbocycles. The molecule has 15 heavy (non-hydrogen) atoms. The van der Waals surface area contributed by atoms with Crippen molar-refractivity contribution in [3.63, 3.8) is 0 Å². The van der Waals surface area contributed by atoms with Crippen molar-refractivity contribution in [2.45, 2.75) is 13.5 Å². The monoisotopic (exact) mass is 226 g/mol. The average molecular weight is 227 g/mol. The zero-order valence-electron chi connectivity index (χ0n) is 8.17. The molecule has 0 saturated carbocycles. The molecule has 0 atom stereocenters. The minimum absolute atomic E-state index is 0. The highest BCUT2D eigenvalue weighted by atomic mass is 35.5. The zero-order chi connectivity index (χ0) is 10.1. The number of carboxylic acid groups (broad SMARTS) is 1. The van der Waals surface area contributed by atoms with Crippen molar-refractivity contribution in [2.24, 2.45) is 0 Å². The highest BCUT2D eigenvalue weighted by Crippen LogP contribution is 2.17. The Kier molecular flexibility index (Phi) is 3.31. The van der Waals surface area contributed by atoms with Crippen molar-refractivity contribution < 1.29 is 9.90 Å². The summed E-state index contributed by atoms with van der Waals surface area (Å²) < 4.78 is 1.92. The number of para-hydroxylation sites is 1. The van der Waals surface area contributed by atoms with E-state index in [2.05, 4.69) is 4.98 Å². The van der Waals surface area contributed by atoms with Crippen LogP contribution in [0.2, 0.25) is 0 Å². The van der Waals surface area contributed by atoms with Crippen molar-refractivity contribution >= 4 is 29.4 Å². The van der Waals surface area contributed by atoms with Crippen LogP contribution in [0.4, 0.5) is 0 Å². The smallest absolute Gasteiger partial charge is 0.337 e. The van der Waals surface area contributed by atoms with Gasteiger partial charge >= 0.3 is 5.97 Å². The van der Waals surface area contributed by atoms with Crippen molar-refractivity contribution in [2.75, 3.05) is 0 Å². The summed E-state index contributed by atoms with van der Waals surface area (Å²) in [4.78, 5) is 15.0. The van der Waals surface area contributed by atoms with Gasteiger partial charge in [-0.25, -0.2) is 9.78 Å². The minimum Gasteiger partial charge on any atom is -0.478 e. The number of nitrogens with zero attached hydrogens (tertiary/aromatic N) is 2. The largest absolute Gasteiger partial charge is 0.478 e. The van der Waals surface area contributed by atoms with Gasteiger partial charge in [-0.2, -0.15) is 0 Å². The van der Waals surface area contributed by atoms with E-state index in [1.54, 1.807) is 18.5 Å². The summed E-state index contributed by atoms with van der Waals surface area (Å²) in [7, 11) is 0. The molecule has 1 N–H and O–H groups in total. The molecule has 0 bridgehead atoms. The van der Waals surface area contributed by atoms with Gasteiger partial charge in [-0.05, 0) is 19.1 Å². The first-order chi connectivity index (χ1) is 6.74. The standard InChI is InChI=1S/C10H10N2O2.ClH/c1-2-12-6-11-9-7(10(13)14)4-3-5-8(9)12;/h3-6H,2H2,1H3,(H,13,14);1H. The fourth-order valence-corrected chi connectivity index (χ4v) is 1.51. The predicted molar refractivity (Wildman–Crippen MR) is 59.6 cm³/mol. The second-order valence-electron chi connectivity index (χ2n) is 3.01. The van der Waals surface area contributed by atoms with E-state index >= 15 is 0 Å². The summed E-state index contributed by atoms with van der Waals surface area (Å²) in [5.74, 6) is -0.933. The number of aromatic carboxylic acids is 1. The van der Waals surface area contributed by atoms with Gasteiger partial charge in [-0.1, -0.05) is 6.07 Å². The highest BCUT2D eigenvalue weighted by molar-refractivity contribution is 6.00. The van der Waals surface area contributed by atoms with Crippen molar-refractivity contribution in [1.29, 1.82) is 0 Å². The lowest BCUT2D eigenvalue weighted by molar-refractivity contribution is 0.0699. The van der Waals surface area contributed by atoms with Gasteiger partial charge in [0.25, 0.3) is 0 Å². The highest BCUT2D eigenvalue weighted by Gasteiger charge is 2.11. The fraction of sp³-hybridized carbons (Fsp3) is 0.200. The number of aromatic nitrogens is 2. The zero-order valence-corrected chi connectivity index (χ0v) is 8.99. The van der Waals surface area contributed by atoms with Crippen LogP contribution in [0.15, 0.2) is 24.5 Å². The minimum atomic E-state index is -0.933. The molecular formula is C10H11ClN2O2. The van der Waals surface area contributed by atoms with Crippen LogP contribution in [-0.4, -0.2) is 20.6 Å². The summed E-state index contributed by atoms with van der Waals surface area (Å²) in [6.07, 6.45) is 1.66. The summed E-state index contributed by atoms with van der Waals surface area (Å²) in [6, 6.07) is 5.18. The molecule has 0 fully saturated rings. The third-order valence-electron chi connectivity index (χ3n) is 2.22. The van der Waals surface area contributed by atoms with Gasteiger partial charge in [-0.3, -0.25) is 0 Å². The maximum atomic E-state index is 10.9. The van der Waals surface area contributed by atoms with Gasteiger partial charge in [0.2, 0.25) is 0 Å². The molecule has 4 nitrogen and oxygen atoms in total. The van der Waals surface area contributed by atoms with Crippen LogP contribution >= 0.6 is 12.4 Å². The lowest BCUT2D eigenvalue weighted by atomic mass is 10.2. The molecule has 1 aromatic heterocycles. The van der Waals surface area contributed by atoms with Crippen LogP contribution in [0.25, 0.3) is 11.0 Å². The first-order valence-corrected chi connectivity index (χ1v) is 4.41. The molecule has 2 rings (SSSR count). The molecule has 5 heteroatoms. The van der Waals surface area contributed by atoms with Crippen LogP contribution in [0.3, 0.4) is 0 Å². The van der Waals surface area contributed by atoms with Gasteiger partial charge in [0, 0.05) is 6.54 Å². The van der Waals surface area contributed by atoms with Crippen molar-refractivity contribution in [3.8, 4) is 0 Å². The average Bonchev–Trinajstić information content (AvgIpc) is 2.59. The van der Waals surface area contributed by atoms with Crippen LogP contribution in [-0.2, 0) is 6.54 Å². The van der Waals surface area contributed by atoms with Crippen LogP contribution in [0.1, 0.15) is 17.3 Å². The SMILES string of the molecule is CCn1cnc2c(C(=O)O)cccc21.Cl. The van der Waals surface area contributed by atoms with E-state index in [4.69, 9.17) is 5.11 Å². The third-order valence-corrected chi connectivity index (χ3v) is 2.22. The molecule has 1 aromatic carbocycles. The molecule has 0 unspecified atom stereocenters. The number of benzene rings is 1. The number of halogens is 1. The quantitative estimate of drug-likeness (QED) is 0.854. The van der Waals surface area contributed by atoms with Gasteiger partial charge in [0.05, 0.1) is 17.4 Å². The van der Waals surface area contributed by atoms with E-state index in [1.807, 2.05) is 17.6 Å². The lowest BCUT2D eigenvalue weighted by Gasteiger charge is -1.99. The van der Waals surface area contributed by atoms with Gasteiger partial charge in [0.15, 0.2) is 0 Å². The molecule has 0 radical (unpaired) electrons. The van der Waals surface area contributed by atoms with E-state index < -0.39 is 5.97 Å². The van der Waals surface area contributed by atoms with Crippen LogP contribution in [0, 0.1) is 0 Å². The van der Waals surface area contributed by atoms with Crippen molar-refractivity contribution in [3.05, 3.63) is 30.1 Å². The number of imidazole rings is 1. The number of rotatable bonds is 2. The maximum Gasteiger partial charge on any atom is 0.337 e. The van der Waals surface area contributed by atoms with E-state index in [9.17, 15) is 4.79 Å². The first kappa shape index (κ1) is 11.5. The lowest BCUT2D eigenvalue weighted by Crippen LogP contribution is -1.97. The number of hydrogen-bond acceptors (Lipinski definition) is 2. The van der Waals surface area contributed by atoms with Crippen LogP contribution < -0.4 is 0 Å². The van der Waals surface area contributed by atoms with E-state index in [0.717, 1.165) is 12.1 Å². The van der Waals surface area contributed by atoms with Crippen LogP contribution in [0.5, 0.6) is 0 Å². The Morgan fingerprint density at radius 2 is 2.27 bits per heavy atom. The normalized spacial score (nSPS) is 9.93. The maximum absolute atomic E-state index is 10.9. The topological polar surface area (TPSA) is 55.1 Å². The number of carboxylic acids is 1. The Labute approximate surface area is 93.0 Å². The number of aryl methyl sites for hydroxylation is 1. The summed E-state index contributed by atoms with van der Waals surface area (Å²) in [6.45, 7) is 2.79. The Hall–Kier alpha value is -1.55. The summed E-state index contributed by atoms with van der Waals surface area (Å²) in [5, 5.41) is 8.92. The molecule has 1 heterocycles. The summed E-state index contributed by atoms with van der Waals surface area (Å²) >= 11 is 0. The van der Waals surface area contributed by atoms with E-state index in [-0.39, 0.29) is 18.0 Å². The van der Waals surface area contributed by atoms with E-state index in [1.165, 1.54) is 0 Å². The van der Waals surface area contributed by atoms with Crippen molar-refractivity contribution in [1.82, 2.24) is 9.55 Å². The Balaban J connectivity index is 0.00000112. The number of hydrogen-bond donors (Lipinski definition) is 1. The molecular weight excluding hydrogens is 216 g/mol. The molecule has 0 amide bonds. The number of fused-ring (bicyclic) bond motifs is 1. The number of carbonyl (C=O) groups is 1. The first-order valence-electron chi connectivity index (χ1n) is 4.41. The molecule has 80 valence electrons. The molecule has 0 saturated heterocycles. The Bertz CT molecular complexity index is 493. The third kappa shape index (κ3) is 1.80. The molecule has 0 spiro atoms. The molecule has 0 aliphatic rings. The fourth-order valence-electron chi connectivity index (χ4n) is 1.51. The van der Waals surface area contributed by atoms with Gasteiger partial charge in [0.1, 0.15) is 5.52 Å². The summed E-state index contributed by atoms with van der Waals surface area (Å²) in [5.41, 5.74) is 1.68. The Morgan fingerprint density at radius 1 is 1.53 bits per heavy atom. The predicted octanol–water partition coefficient (Wildman–Crippen LogP) is 2.18. The Morgan fingerprint density at radius 3 is 2.87 bits per heavy atom. The van der Waals surface area contributed by atoms with Gasteiger partial charge < -0.3 is 9.67 Å². The van der Waals surface area contributed by atoms with E-state index in [0.29, 0.717) is 5.52 Å². The van der Waals surface area contributed by atoms with Gasteiger partial charge in [-0.15, -0.1) is 12.4 Å². The second-order valence-corrected chi connectivity index (χ2v) is 3.01. The molecule has 0 aliphatic heterocycles. The second kappa shape index (κ2) is 4.31. The molecule has 2 aromatic rings.